The van der Waals surface area contributed by atoms with Crippen molar-refractivity contribution < 1.29 is 4.79 Å². The third-order valence-electron chi connectivity index (χ3n) is 5.22. The number of hydrogen-bond donors (Lipinski definition) is 1. The highest BCUT2D eigenvalue weighted by Gasteiger charge is 2.24. The number of nitrogen functional groups attached to an aromatic ring is 1. The Balaban J connectivity index is 1.47. The van der Waals surface area contributed by atoms with Crippen LogP contribution in [0, 0.1) is 13.8 Å². The number of anilines is 2. The molecule has 2 N–H and O–H groups in total. The maximum absolute atomic E-state index is 12.9. The van der Waals surface area contributed by atoms with Crippen molar-refractivity contribution in [3.63, 3.8) is 0 Å². The Hall–Kier alpha value is -2.87. The summed E-state index contributed by atoms with van der Waals surface area (Å²) in [4.78, 5) is 25.5. The van der Waals surface area contributed by atoms with E-state index in [2.05, 4.69) is 20.0 Å². The molecule has 0 bridgehead atoms. The van der Waals surface area contributed by atoms with Gasteiger partial charge in [0.1, 0.15) is 0 Å². The average Bonchev–Trinajstić information content (AvgIpc) is 3.06. The van der Waals surface area contributed by atoms with Crippen molar-refractivity contribution in [2.45, 2.75) is 20.3 Å². The number of carbonyl (C=O) groups excluding carboxylic acids is 1. The first-order chi connectivity index (χ1) is 13.4. The van der Waals surface area contributed by atoms with E-state index in [-0.39, 0.29) is 18.3 Å². The Labute approximate surface area is 167 Å². The molecule has 0 radical (unpaired) electrons. The molecule has 1 aromatic carbocycles. The van der Waals surface area contributed by atoms with Crippen LogP contribution < -0.4 is 10.6 Å². The molecule has 1 amide bonds. The van der Waals surface area contributed by atoms with Crippen LogP contribution in [0.2, 0.25) is 5.02 Å². The predicted octanol–water partition coefficient (Wildman–Crippen LogP) is 1.87. The van der Waals surface area contributed by atoms with Crippen LogP contribution in [0.25, 0.3) is 5.78 Å². The Kier molecular flexibility index (Phi) is 4.80. The van der Waals surface area contributed by atoms with E-state index in [1.54, 1.807) is 4.52 Å². The van der Waals surface area contributed by atoms with E-state index in [1.165, 1.54) is 0 Å². The van der Waals surface area contributed by atoms with Gasteiger partial charge in [0.25, 0.3) is 5.78 Å². The van der Waals surface area contributed by atoms with Crippen LogP contribution >= 0.6 is 11.6 Å². The summed E-state index contributed by atoms with van der Waals surface area (Å²) in [6.45, 7) is 6.63. The van der Waals surface area contributed by atoms with Gasteiger partial charge in [-0.05, 0) is 26.0 Å². The second-order valence-electron chi connectivity index (χ2n) is 6.94. The smallest absolute Gasteiger partial charge is 0.254 e. The van der Waals surface area contributed by atoms with E-state index in [0.717, 1.165) is 40.8 Å². The number of aromatic nitrogens is 4. The number of nitrogens with two attached hydrogens (primary N) is 1. The molecule has 1 saturated heterocycles. The monoisotopic (exact) mass is 399 g/mol. The molecule has 3 aromatic rings. The molecule has 0 unspecified atom stereocenters. The number of piperazine rings is 1. The van der Waals surface area contributed by atoms with Gasteiger partial charge in [-0.15, -0.1) is 5.10 Å². The lowest BCUT2D eigenvalue weighted by atomic mass is 10.1. The Morgan fingerprint density at radius 2 is 1.86 bits per heavy atom. The minimum Gasteiger partial charge on any atom is -0.367 e. The molecule has 8 nitrogen and oxygen atoms in total. The normalized spacial score (nSPS) is 14.7. The zero-order valence-electron chi connectivity index (χ0n) is 15.9. The Morgan fingerprint density at radius 3 is 2.57 bits per heavy atom. The molecule has 28 heavy (non-hydrogen) atoms. The molecule has 3 heterocycles. The van der Waals surface area contributed by atoms with Gasteiger partial charge in [0, 0.05) is 43.1 Å². The number of rotatable bonds is 3. The molecule has 1 fully saturated rings. The molecule has 0 aliphatic carbocycles. The number of amides is 1. The standard InChI is InChI=1S/C19H22ClN7O/c1-12-14(13(2)27-19(22-12)23-18(21)24-27)11-17(28)26-9-7-25(8-10-26)16-6-4-3-5-15(16)20/h3-6H,7-11H2,1-2H3,(H2,21,24). The van der Waals surface area contributed by atoms with Crippen molar-refractivity contribution in [3.8, 4) is 0 Å². The van der Waals surface area contributed by atoms with Gasteiger partial charge in [-0.1, -0.05) is 23.7 Å². The molecule has 1 aliphatic rings. The number of benzene rings is 1. The van der Waals surface area contributed by atoms with Gasteiger partial charge >= 0.3 is 0 Å². The first-order valence-corrected chi connectivity index (χ1v) is 9.57. The van der Waals surface area contributed by atoms with Crippen molar-refractivity contribution in [1.82, 2.24) is 24.5 Å². The SMILES string of the molecule is Cc1nc2nc(N)nn2c(C)c1CC(=O)N1CCN(c2ccccc2Cl)CC1. The molecule has 146 valence electrons. The zero-order valence-corrected chi connectivity index (χ0v) is 16.6. The summed E-state index contributed by atoms with van der Waals surface area (Å²) in [5, 5.41) is 4.90. The van der Waals surface area contributed by atoms with Gasteiger partial charge in [0.15, 0.2) is 0 Å². The van der Waals surface area contributed by atoms with E-state index >= 15 is 0 Å². The molecule has 4 rings (SSSR count). The van der Waals surface area contributed by atoms with Gasteiger partial charge in [-0.2, -0.15) is 9.50 Å². The Morgan fingerprint density at radius 1 is 1.14 bits per heavy atom. The summed E-state index contributed by atoms with van der Waals surface area (Å²) in [6, 6.07) is 7.80. The number of hydrogen-bond acceptors (Lipinski definition) is 6. The number of para-hydroxylation sites is 1. The quantitative estimate of drug-likeness (QED) is 0.722. The highest BCUT2D eigenvalue weighted by atomic mass is 35.5. The highest BCUT2D eigenvalue weighted by molar-refractivity contribution is 6.33. The minimum atomic E-state index is 0.0826. The number of nitrogens with zero attached hydrogens (tertiary/aromatic N) is 6. The highest BCUT2D eigenvalue weighted by Crippen LogP contribution is 2.26. The molecule has 9 heteroatoms. The fraction of sp³-hybridized carbons (Fsp3) is 0.368. The maximum atomic E-state index is 12.9. The average molecular weight is 400 g/mol. The van der Waals surface area contributed by atoms with Crippen LogP contribution in [0.15, 0.2) is 24.3 Å². The molecule has 2 aromatic heterocycles. The lowest BCUT2D eigenvalue weighted by molar-refractivity contribution is -0.130. The molecule has 1 aliphatic heterocycles. The van der Waals surface area contributed by atoms with Crippen molar-refractivity contribution in [2.24, 2.45) is 0 Å². The first-order valence-electron chi connectivity index (χ1n) is 9.19. The van der Waals surface area contributed by atoms with E-state index in [9.17, 15) is 4.79 Å². The third-order valence-corrected chi connectivity index (χ3v) is 5.54. The summed E-state index contributed by atoms with van der Waals surface area (Å²) in [7, 11) is 0. The minimum absolute atomic E-state index is 0.0826. The second kappa shape index (κ2) is 7.27. The van der Waals surface area contributed by atoms with Crippen LogP contribution in [-0.2, 0) is 11.2 Å². The third kappa shape index (κ3) is 3.35. The molecule has 0 atom stereocenters. The van der Waals surface area contributed by atoms with Crippen LogP contribution in [0.3, 0.4) is 0 Å². The topological polar surface area (TPSA) is 92.6 Å². The maximum Gasteiger partial charge on any atom is 0.254 e. The lowest BCUT2D eigenvalue weighted by Gasteiger charge is -2.36. The summed E-state index contributed by atoms with van der Waals surface area (Å²) >= 11 is 6.30. The number of fused-ring (bicyclic) bond motifs is 1. The fourth-order valence-electron chi connectivity index (χ4n) is 3.65. The van der Waals surface area contributed by atoms with E-state index in [0.29, 0.717) is 18.9 Å². The summed E-state index contributed by atoms with van der Waals surface area (Å²) in [6.07, 6.45) is 0.284. The summed E-state index contributed by atoms with van der Waals surface area (Å²) in [5.74, 6) is 0.713. The number of carbonyl (C=O) groups is 1. The van der Waals surface area contributed by atoms with Gasteiger partial charge in [-0.25, -0.2) is 4.98 Å². The van der Waals surface area contributed by atoms with Gasteiger partial charge in [0.2, 0.25) is 11.9 Å². The van der Waals surface area contributed by atoms with E-state index < -0.39 is 0 Å². The predicted molar refractivity (Wildman–Crippen MR) is 109 cm³/mol. The van der Waals surface area contributed by atoms with E-state index in [4.69, 9.17) is 17.3 Å². The molecule has 0 spiro atoms. The molecular weight excluding hydrogens is 378 g/mol. The van der Waals surface area contributed by atoms with Crippen LogP contribution in [0.5, 0.6) is 0 Å². The van der Waals surface area contributed by atoms with Crippen LogP contribution in [-0.4, -0.2) is 56.6 Å². The summed E-state index contributed by atoms with van der Waals surface area (Å²) < 4.78 is 1.60. The van der Waals surface area contributed by atoms with Crippen molar-refractivity contribution in [3.05, 3.63) is 46.2 Å². The van der Waals surface area contributed by atoms with Crippen molar-refractivity contribution in [2.75, 3.05) is 36.8 Å². The lowest BCUT2D eigenvalue weighted by Crippen LogP contribution is -2.49. The largest absolute Gasteiger partial charge is 0.367 e. The Bertz CT molecular complexity index is 1040. The summed E-state index contributed by atoms with van der Waals surface area (Å²) in [5.41, 5.74) is 9.18. The van der Waals surface area contributed by atoms with E-state index in [1.807, 2.05) is 43.0 Å². The number of halogens is 1. The second-order valence-corrected chi connectivity index (χ2v) is 7.35. The van der Waals surface area contributed by atoms with Crippen molar-refractivity contribution in [1.29, 1.82) is 0 Å². The number of aryl methyl sites for hydroxylation is 2. The zero-order chi connectivity index (χ0) is 19.8. The van der Waals surface area contributed by atoms with Crippen LogP contribution in [0.1, 0.15) is 17.0 Å². The molecular formula is C19H22ClN7O. The van der Waals surface area contributed by atoms with Gasteiger partial charge < -0.3 is 15.5 Å². The molecule has 0 saturated carbocycles. The van der Waals surface area contributed by atoms with Crippen LogP contribution in [0.4, 0.5) is 11.6 Å². The van der Waals surface area contributed by atoms with Crippen molar-refractivity contribution >= 4 is 34.9 Å². The van der Waals surface area contributed by atoms with Gasteiger partial charge in [0.05, 0.1) is 17.1 Å². The first kappa shape index (κ1) is 18.5. The van der Waals surface area contributed by atoms with Gasteiger partial charge in [-0.3, -0.25) is 4.79 Å². The fourth-order valence-corrected chi connectivity index (χ4v) is 3.90.